The maximum absolute atomic E-state index is 12.2. The van der Waals surface area contributed by atoms with Crippen LogP contribution in [0, 0.1) is 10.1 Å². The standard InChI is InChI=1S/C17H16N4O4/c22-16(6-1-2-8-20-9-7-18-12-20)15-11-17(25-19-15)13-4-3-5-14(10-13)21(23)24/h3-5,7,9-12H,1-2,6,8H2. The lowest BCUT2D eigenvalue weighted by Crippen LogP contribution is -2.01. The number of benzene rings is 1. The summed E-state index contributed by atoms with van der Waals surface area (Å²) in [6.45, 7) is 0.811. The second-order valence-corrected chi connectivity index (χ2v) is 5.56. The fourth-order valence-corrected chi connectivity index (χ4v) is 2.44. The highest BCUT2D eigenvalue weighted by atomic mass is 16.6. The molecule has 3 rings (SSSR count). The monoisotopic (exact) mass is 340 g/mol. The highest BCUT2D eigenvalue weighted by Gasteiger charge is 2.15. The molecule has 2 aromatic heterocycles. The Morgan fingerprint density at radius 2 is 2.16 bits per heavy atom. The molecule has 0 saturated heterocycles. The van der Waals surface area contributed by atoms with Gasteiger partial charge in [-0.05, 0) is 12.8 Å². The molecule has 0 spiro atoms. The number of aromatic nitrogens is 3. The van der Waals surface area contributed by atoms with Crippen LogP contribution in [0.3, 0.4) is 0 Å². The molecule has 8 nitrogen and oxygen atoms in total. The van der Waals surface area contributed by atoms with Gasteiger partial charge in [0.15, 0.2) is 11.5 Å². The predicted octanol–water partition coefficient (Wildman–Crippen LogP) is 3.50. The van der Waals surface area contributed by atoms with E-state index in [4.69, 9.17) is 4.52 Å². The van der Waals surface area contributed by atoms with Crippen LogP contribution in [0.2, 0.25) is 0 Å². The minimum absolute atomic E-state index is 0.0405. The minimum Gasteiger partial charge on any atom is -0.356 e. The summed E-state index contributed by atoms with van der Waals surface area (Å²) < 4.78 is 7.13. The molecular weight excluding hydrogens is 324 g/mol. The lowest BCUT2D eigenvalue weighted by molar-refractivity contribution is -0.384. The molecule has 2 heterocycles. The van der Waals surface area contributed by atoms with Crippen molar-refractivity contribution in [3.05, 3.63) is 64.9 Å². The first kappa shape index (κ1) is 16.6. The van der Waals surface area contributed by atoms with Gasteiger partial charge in [0.1, 0.15) is 5.69 Å². The fourth-order valence-electron chi connectivity index (χ4n) is 2.44. The number of aryl methyl sites for hydroxylation is 1. The zero-order chi connectivity index (χ0) is 17.6. The molecule has 0 amide bonds. The second-order valence-electron chi connectivity index (χ2n) is 5.56. The Hall–Kier alpha value is -3.29. The number of carbonyl (C=O) groups excluding carboxylic acids is 1. The highest BCUT2D eigenvalue weighted by molar-refractivity contribution is 5.94. The average Bonchev–Trinajstić information content (AvgIpc) is 3.30. The Morgan fingerprint density at radius 3 is 2.92 bits per heavy atom. The van der Waals surface area contributed by atoms with Gasteiger partial charge in [0.25, 0.3) is 5.69 Å². The van der Waals surface area contributed by atoms with Crippen molar-refractivity contribution in [3.63, 3.8) is 0 Å². The minimum atomic E-state index is -0.480. The topological polar surface area (TPSA) is 104 Å². The SMILES string of the molecule is O=C(CCCCn1ccnc1)c1cc(-c2cccc([N+](=O)[O-])c2)on1. The number of nitro benzene ring substituents is 1. The number of carbonyl (C=O) groups is 1. The van der Waals surface area contributed by atoms with E-state index in [0.717, 1.165) is 19.4 Å². The fraction of sp³-hybridized carbons (Fsp3) is 0.235. The number of hydrogen-bond acceptors (Lipinski definition) is 6. The Labute approximate surface area is 143 Å². The third kappa shape index (κ3) is 4.17. The van der Waals surface area contributed by atoms with E-state index in [1.165, 1.54) is 18.2 Å². The highest BCUT2D eigenvalue weighted by Crippen LogP contribution is 2.25. The summed E-state index contributed by atoms with van der Waals surface area (Å²) in [5, 5.41) is 14.6. The summed E-state index contributed by atoms with van der Waals surface area (Å²) in [6.07, 6.45) is 7.30. The summed E-state index contributed by atoms with van der Waals surface area (Å²) in [5.41, 5.74) is 0.714. The van der Waals surface area contributed by atoms with Gasteiger partial charge in [-0.3, -0.25) is 14.9 Å². The Balaban J connectivity index is 1.58. The van der Waals surface area contributed by atoms with Gasteiger partial charge < -0.3 is 9.09 Å². The maximum Gasteiger partial charge on any atom is 0.270 e. The molecule has 0 aliphatic heterocycles. The van der Waals surface area contributed by atoms with Crippen molar-refractivity contribution >= 4 is 11.5 Å². The predicted molar refractivity (Wildman–Crippen MR) is 89.0 cm³/mol. The zero-order valence-electron chi connectivity index (χ0n) is 13.4. The van der Waals surface area contributed by atoms with Crippen LogP contribution in [-0.4, -0.2) is 25.4 Å². The van der Waals surface area contributed by atoms with Gasteiger partial charge in [-0.25, -0.2) is 4.98 Å². The van der Waals surface area contributed by atoms with Crippen LogP contribution in [0.5, 0.6) is 0 Å². The van der Waals surface area contributed by atoms with Crippen LogP contribution in [0.15, 0.2) is 53.6 Å². The number of non-ortho nitro benzene ring substituents is 1. The number of rotatable bonds is 8. The molecule has 0 bridgehead atoms. The first-order chi connectivity index (χ1) is 12.1. The molecule has 1 aromatic carbocycles. The Morgan fingerprint density at radius 1 is 1.28 bits per heavy atom. The molecule has 25 heavy (non-hydrogen) atoms. The number of imidazole rings is 1. The third-order valence-corrected chi connectivity index (χ3v) is 3.77. The lowest BCUT2D eigenvalue weighted by atomic mass is 10.1. The number of unbranched alkanes of at least 4 members (excludes halogenated alkanes) is 1. The summed E-state index contributed by atoms with van der Waals surface area (Å²) in [7, 11) is 0. The first-order valence-electron chi connectivity index (χ1n) is 7.84. The second kappa shape index (κ2) is 7.52. The largest absolute Gasteiger partial charge is 0.356 e. The summed E-state index contributed by atoms with van der Waals surface area (Å²) in [4.78, 5) is 26.5. The van der Waals surface area contributed by atoms with Gasteiger partial charge in [-0.15, -0.1) is 0 Å². The zero-order valence-corrected chi connectivity index (χ0v) is 13.4. The van der Waals surface area contributed by atoms with Gasteiger partial charge >= 0.3 is 0 Å². The van der Waals surface area contributed by atoms with Crippen molar-refractivity contribution in [1.29, 1.82) is 0 Å². The number of nitro groups is 1. The molecule has 0 aliphatic carbocycles. The van der Waals surface area contributed by atoms with Crippen molar-refractivity contribution in [2.24, 2.45) is 0 Å². The van der Waals surface area contributed by atoms with E-state index in [1.807, 2.05) is 10.8 Å². The van der Waals surface area contributed by atoms with E-state index >= 15 is 0 Å². The molecule has 0 aliphatic rings. The van der Waals surface area contributed by atoms with Gasteiger partial charge in [-0.1, -0.05) is 17.3 Å². The number of hydrogen-bond donors (Lipinski definition) is 0. The van der Waals surface area contributed by atoms with E-state index in [9.17, 15) is 14.9 Å². The quantitative estimate of drug-likeness (QED) is 0.269. The maximum atomic E-state index is 12.2. The Kier molecular flexibility index (Phi) is 4.98. The van der Waals surface area contributed by atoms with Crippen molar-refractivity contribution < 1.29 is 14.2 Å². The first-order valence-corrected chi connectivity index (χ1v) is 7.84. The van der Waals surface area contributed by atoms with Crippen LogP contribution in [0.4, 0.5) is 5.69 Å². The molecular formula is C17H16N4O4. The normalized spacial score (nSPS) is 10.7. The molecule has 3 aromatic rings. The van der Waals surface area contributed by atoms with Crippen LogP contribution in [-0.2, 0) is 6.54 Å². The van der Waals surface area contributed by atoms with Crippen molar-refractivity contribution in [1.82, 2.24) is 14.7 Å². The van der Waals surface area contributed by atoms with Crippen molar-refractivity contribution in [2.45, 2.75) is 25.8 Å². The van der Waals surface area contributed by atoms with E-state index < -0.39 is 4.92 Å². The molecule has 0 radical (unpaired) electrons. The van der Waals surface area contributed by atoms with Gasteiger partial charge in [0.2, 0.25) is 0 Å². The molecule has 0 atom stereocenters. The molecule has 128 valence electrons. The van der Waals surface area contributed by atoms with E-state index in [0.29, 0.717) is 17.7 Å². The van der Waals surface area contributed by atoms with Crippen LogP contribution in [0.1, 0.15) is 29.8 Å². The summed E-state index contributed by atoms with van der Waals surface area (Å²) in [6, 6.07) is 7.55. The molecule has 0 unspecified atom stereocenters. The average molecular weight is 340 g/mol. The van der Waals surface area contributed by atoms with Gasteiger partial charge in [0, 0.05) is 49.1 Å². The molecule has 8 heteroatoms. The third-order valence-electron chi connectivity index (χ3n) is 3.77. The molecule has 0 saturated carbocycles. The van der Waals surface area contributed by atoms with Gasteiger partial charge in [0.05, 0.1) is 11.3 Å². The molecule has 0 fully saturated rings. The van der Waals surface area contributed by atoms with Crippen LogP contribution < -0.4 is 0 Å². The van der Waals surface area contributed by atoms with E-state index in [2.05, 4.69) is 10.1 Å². The van der Waals surface area contributed by atoms with Crippen molar-refractivity contribution in [2.75, 3.05) is 0 Å². The number of ketones is 1. The molecule has 0 N–H and O–H groups in total. The van der Waals surface area contributed by atoms with E-state index in [-0.39, 0.29) is 17.2 Å². The van der Waals surface area contributed by atoms with Crippen LogP contribution >= 0.6 is 0 Å². The van der Waals surface area contributed by atoms with Crippen molar-refractivity contribution in [3.8, 4) is 11.3 Å². The Bertz CT molecular complexity index is 870. The summed E-state index contributed by atoms with van der Waals surface area (Å²) in [5.74, 6) is 0.233. The van der Waals surface area contributed by atoms with Crippen LogP contribution in [0.25, 0.3) is 11.3 Å². The number of nitrogens with zero attached hydrogens (tertiary/aromatic N) is 4. The number of Topliss-reactive ketones (excluding diaryl/α,β-unsaturated/α-hetero) is 1. The smallest absolute Gasteiger partial charge is 0.270 e. The lowest BCUT2D eigenvalue weighted by Gasteiger charge is -2.00. The summed E-state index contributed by atoms with van der Waals surface area (Å²) >= 11 is 0. The van der Waals surface area contributed by atoms with E-state index in [1.54, 1.807) is 24.7 Å². The van der Waals surface area contributed by atoms with Gasteiger partial charge in [-0.2, -0.15) is 0 Å².